The molecule has 0 saturated carbocycles. The molecular formula is C21H29FN2O5S. The minimum Gasteiger partial charge on any atom is -0.495 e. The first kappa shape index (κ1) is 23.9. The number of benzene rings is 2. The molecule has 0 aliphatic heterocycles. The zero-order valence-corrected chi connectivity index (χ0v) is 18.5. The molecule has 3 N–H and O–H groups in total. The third-order valence-corrected chi connectivity index (χ3v) is 5.20. The lowest BCUT2D eigenvalue weighted by Crippen LogP contribution is -2.39. The molecule has 30 heavy (non-hydrogen) atoms. The lowest BCUT2D eigenvalue weighted by molar-refractivity contribution is 0.158. The van der Waals surface area contributed by atoms with Crippen LogP contribution in [0.4, 0.5) is 4.39 Å². The van der Waals surface area contributed by atoms with Gasteiger partial charge in [-0.2, -0.15) is 0 Å². The van der Waals surface area contributed by atoms with Crippen molar-refractivity contribution >= 4 is 10.0 Å². The van der Waals surface area contributed by atoms with Crippen molar-refractivity contribution in [1.29, 1.82) is 0 Å². The van der Waals surface area contributed by atoms with Crippen molar-refractivity contribution in [2.75, 3.05) is 13.7 Å². The van der Waals surface area contributed by atoms with Crippen LogP contribution in [0.5, 0.6) is 17.2 Å². The first-order valence-corrected chi connectivity index (χ1v) is 11.2. The molecule has 0 heterocycles. The summed E-state index contributed by atoms with van der Waals surface area (Å²) in [5.74, 6) is 0.580. The van der Waals surface area contributed by atoms with Gasteiger partial charge in [0, 0.05) is 12.1 Å². The Morgan fingerprint density at radius 1 is 1.10 bits per heavy atom. The first-order valence-electron chi connectivity index (χ1n) is 9.68. The van der Waals surface area contributed by atoms with Gasteiger partial charge in [-0.25, -0.2) is 17.9 Å². The van der Waals surface area contributed by atoms with Gasteiger partial charge in [-0.3, -0.25) is 5.32 Å². The van der Waals surface area contributed by atoms with E-state index >= 15 is 0 Å². The molecule has 7 nitrogen and oxygen atoms in total. The van der Waals surface area contributed by atoms with Crippen LogP contribution in [-0.2, 0) is 16.4 Å². The van der Waals surface area contributed by atoms with E-state index in [0.29, 0.717) is 24.5 Å². The molecule has 0 aliphatic carbocycles. The van der Waals surface area contributed by atoms with Crippen LogP contribution in [-0.4, -0.2) is 34.4 Å². The van der Waals surface area contributed by atoms with Crippen molar-refractivity contribution in [3.05, 3.63) is 47.8 Å². The second-order valence-corrected chi connectivity index (χ2v) is 8.53. The molecule has 9 heteroatoms. The molecule has 0 aromatic heterocycles. The number of rotatable bonds is 11. The van der Waals surface area contributed by atoms with Gasteiger partial charge in [-0.05, 0) is 56.5 Å². The maximum atomic E-state index is 13.6. The average Bonchev–Trinajstić information content (AvgIpc) is 2.66. The molecule has 0 amide bonds. The fourth-order valence-electron chi connectivity index (χ4n) is 3.01. The van der Waals surface area contributed by atoms with Crippen LogP contribution in [0.1, 0.15) is 32.8 Å². The Labute approximate surface area is 177 Å². The molecule has 0 radical (unpaired) electrons. The van der Waals surface area contributed by atoms with Crippen LogP contribution >= 0.6 is 0 Å². The highest BCUT2D eigenvalue weighted by Crippen LogP contribution is 2.29. The number of primary sulfonamides is 1. The molecule has 0 fully saturated rings. The Balaban J connectivity index is 2.05. The van der Waals surface area contributed by atoms with Crippen molar-refractivity contribution in [3.63, 3.8) is 0 Å². The highest BCUT2D eigenvalue weighted by molar-refractivity contribution is 7.89. The van der Waals surface area contributed by atoms with Gasteiger partial charge >= 0.3 is 0 Å². The summed E-state index contributed by atoms with van der Waals surface area (Å²) >= 11 is 0. The van der Waals surface area contributed by atoms with Crippen molar-refractivity contribution in [2.24, 2.45) is 5.14 Å². The van der Waals surface area contributed by atoms with E-state index in [4.69, 9.17) is 19.3 Å². The second-order valence-electron chi connectivity index (χ2n) is 7.00. The molecule has 0 bridgehead atoms. The quantitative estimate of drug-likeness (QED) is 0.521. The smallest absolute Gasteiger partial charge is 0.241 e. The van der Waals surface area contributed by atoms with Crippen LogP contribution in [0.2, 0.25) is 0 Å². The Hall–Kier alpha value is -2.36. The highest BCUT2D eigenvalue weighted by Gasteiger charge is 2.18. The molecule has 2 aromatic rings. The molecule has 0 aliphatic rings. The van der Waals surface area contributed by atoms with E-state index in [2.05, 4.69) is 5.32 Å². The standard InChI is InChI=1S/C21H29FN2O5S/c1-5-10-28-18-9-7-17(22)13-20(18)29-15(3)24-14(2)11-16-6-8-19(27-4)21(12-16)30(23,25)26/h6-9,12-15,24H,5,10-11H2,1-4H3,(H2,23,25,26). The summed E-state index contributed by atoms with van der Waals surface area (Å²) in [5.41, 5.74) is 0.768. The number of ether oxygens (including phenoxy) is 3. The second kappa shape index (κ2) is 10.6. The van der Waals surface area contributed by atoms with Gasteiger partial charge in [0.1, 0.15) is 22.7 Å². The third kappa shape index (κ3) is 6.86. The van der Waals surface area contributed by atoms with Crippen LogP contribution < -0.4 is 24.7 Å². The molecule has 0 spiro atoms. The first-order chi connectivity index (χ1) is 14.1. The minimum absolute atomic E-state index is 0.0588. The van der Waals surface area contributed by atoms with Crippen molar-refractivity contribution in [3.8, 4) is 17.2 Å². The van der Waals surface area contributed by atoms with Crippen molar-refractivity contribution in [1.82, 2.24) is 5.32 Å². The summed E-state index contributed by atoms with van der Waals surface area (Å²) in [7, 11) is -2.52. The van der Waals surface area contributed by atoms with Gasteiger partial charge < -0.3 is 14.2 Å². The number of sulfonamides is 1. The van der Waals surface area contributed by atoms with Crippen LogP contribution in [0, 0.1) is 5.82 Å². The van der Waals surface area contributed by atoms with Crippen LogP contribution in [0.3, 0.4) is 0 Å². The fourth-order valence-corrected chi connectivity index (χ4v) is 3.76. The van der Waals surface area contributed by atoms with Gasteiger partial charge in [0.15, 0.2) is 11.5 Å². The Morgan fingerprint density at radius 3 is 2.43 bits per heavy atom. The summed E-state index contributed by atoms with van der Waals surface area (Å²) in [6, 6.07) is 8.94. The van der Waals surface area contributed by atoms with Gasteiger partial charge in [-0.1, -0.05) is 13.0 Å². The molecule has 2 atom stereocenters. The van der Waals surface area contributed by atoms with E-state index in [1.54, 1.807) is 25.1 Å². The normalized spacial score (nSPS) is 13.5. The molecule has 0 saturated heterocycles. The zero-order chi connectivity index (χ0) is 22.3. The van der Waals surface area contributed by atoms with E-state index in [-0.39, 0.29) is 16.7 Å². The zero-order valence-electron chi connectivity index (χ0n) is 17.6. The monoisotopic (exact) mass is 440 g/mol. The summed E-state index contributed by atoms with van der Waals surface area (Å²) in [4.78, 5) is -0.0588. The summed E-state index contributed by atoms with van der Waals surface area (Å²) < 4.78 is 53.7. The van der Waals surface area contributed by atoms with Gasteiger partial charge in [-0.15, -0.1) is 0 Å². The highest BCUT2D eigenvalue weighted by atomic mass is 32.2. The molecule has 166 valence electrons. The molecule has 2 unspecified atom stereocenters. The Bertz CT molecular complexity index is 952. The Morgan fingerprint density at radius 2 is 1.80 bits per heavy atom. The fraction of sp³-hybridized carbons (Fsp3) is 0.429. The summed E-state index contributed by atoms with van der Waals surface area (Å²) in [5, 5.41) is 8.53. The van der Waals surface area contributed by atoms with Gasteiger partial charge in [0.05, 0.1) is 13.7 Å². The summed E-state index contributed by atoms with van der Waals surface area (Å²) in [6.07, 6.45) is 0.897. The molecular weight excluding hydrogens is 411 g/mol. The number of nitrogens with two attached hydrogens (primary N) is 1. The number of halogens is 1. The van der Waals surface area contributed by atoms with E-state index < -0.39 is 22.1 Å². The largest absolute Gasteiger partial charge is 0.495 e. The number of nitrogens with one attached hydrogen (secondary N) is 1. The number of methoxy groups -OCH3 is 1. The maximum Gasteiger partial charge on any atom is 0.241 e. The number of hydrogen-bond acceptors (Lipinski definition) is 6. The van der Waals surface area contributed by atoms with E-state index in [9.17, 15) is 12.8 Å². The van der Waals surface area contributed by atoms with Gasteiger partial charge in [0.25, 0.3) is 0 Å². The number of hydrogen-bond donors (Lipinski definition) is 2. The topological polar surface area (TPSA) is 99.9 Å². The van der Waals surface area contributed by atoms with E-state index in [0.717, 1.165) is 12.0 Å². The Kier molecular flexibility index (Phi) is 8.45. The van der Waals surface area contributed by atoms with Gasteiger partial charge in [0.2, 0.25) is 10.0 Å². The van der Waals surface area contributed by atoms with E-state index in [1.165, 1.54) is 25.3 Å². The minimum atomic E-state index is -3.90. The lowest BCUT2D eigenvalue weighted by atomic mass is 10.1. The predicted molar refractivity (Wildman–Crippen MR) is 113 cm³/mol. The SMILES string of the molecule is CCCOc1ccc(F)cc1OC(C)NC(C)Cc1ccc(OC)c(S(N)(=O)=O)c1. The third-order valence-electron chi connectivity index (χ3n) is 4.27. The molecule has 2 rings (SSSR count). The maximum absolute atomic E-state index is 13.6. The average molecular weight is 441 g/mol. The van der Waals surface area contributed by atoms with Crippen LogP contribution in [0.15, 0.2) is 41.3 Å². The summed E-state index contributed by atoms with van der Waals surface area (Å²) in [6.45, 7) is 6.22. The lowest BCUT2D eigenvalue weighted by Gasteiger charge is -2.23. The van der Waals surface area contributed by atoms with Crippen molar-refractivity contribution in [2.45, 2.75) is 50.8 Å². The van der Waals surface area contributed by atoms with E-state index in [1.807, 2.05) is 13.8 Å². The predicted octanol–water partition coefficient (Wildman–Crippen LogP) is 3.22. The molecule has 2 aromatic carbocycles. The van der Waals surface area contributed by atoms with Crippen molar-refractivity contribution < 1.29 is 27.0 Å². The van der Waals surface area contributed by atoms with Crippen LogP contribution in [0.25, 0.3) is 0 Å².